The Morgan fingerprint density at radius 2 is 2.19 bits per heavy atom. The van der Waals surface area contributed by atoms with Crippen LogP contribution in [0, 0.1) is 5.92 Å². The Bertz CT molecular complexity index is 628. The molecule has 2 rings (SSSR count). The average molecular weight is 357 g/mol. The number of halogens is 1. The molecule has 7 heteroatoms. The number of amides is 1. The van der Waals surface area contributed by atoms with E-state index in [0.29, 0.717) is 12.8 Å². The van der Waals surface area contributed by atoms with E-state index in [2.05, 4.69) is 26.2 Å². The lowest BCUT2D eigenvalue weighted by Gasteiger charge is -2.39. The largest absolute Gasteiger partial charge is 0.481 e. The molecular formula is C14H17BrN2O4. The maximum absolute atomic E-state index is 12.3. The zero-order valence-electron chi connectivity index (χ0n) is 11.6. The quantitative estimate of drug-likeness (QED) is 0.769. The van der Waals surface area contributed by atoms with Crippen LogP contribution in [-0.4, -0.2) is 27.5 Å². The molecule has 0 bridgehead atoms. The van der Waals surface area contributed by atoms with Crippen LogP contribution in [0.1, 0.15) is 43.0 Å². The topological polar surface area (TPSA) is 99.3 Å². The summed E-state index contributed by atoms with van der Waals surface area (Å²) in [4.78, 5) is 37.4. The van der Waals surface area contributed by atoms with Crippen molar-refractivity contribution in [2.24, 2.45) is 5.92 Å². The van der Waals surface area contributed by atoms with Gasteiger partial charge in [0.05, 0.1) is 21.5 Å². The highest BCUT2D eigenvalue weighted by atomic mass is 79.9. The molecule has 0 aliphatic heterocycles. The molecule has 3 N–H and O–H groups in total. The fourth-order valence-corrected chi connectivity index (χ4v) is 3.16. The number of carbonyl (C=O) groups excluding carboxylic acids is 1. The SMILES string of the molecule is CC1(NC(=O)c2c[nH]c(=O)c(Br)c2)CCCCC1C(=O)O. The molecule has 21 heavy (non-hydrogen) atoms. The van der Waals surface area contributed by atoms with E-state index in [1.165, 1.54) is 12.3 Å². The van der Waals surface area contributed by atoms with Crippen molar-refractivity contribution in [1.82, 2.24) is 10.3 Å². The molecule has 1 fully saturated rings. The molecule has 2 atom stereocenters. The predicted octanol–water partition coefficient (Wildman–Crippen LogP) is 1.90. The first kappa shape index (κ1) is 15.8. The molecule has 6 nitrogen and oxygen atoms in total. The number of carboxylic acids is 1. The van der Waals surface area contributed by atoms with Gasteiger partial charge in [-0.2, -0.15) is 0 Å². The highest BCUT2D eigenvalue weighted by Gasteiger charge is 2.42. The Morgan fingerprint density at radius 1 is 1.48 bits per heavy atom. The minimum Gasteiger partial charge on any atom is -0.481 e. The number of H-pyrrole nitrogens is 1. The molecule has 1 aromatic rings. The molecule has 0 radical (unpaired) electrons. The van der Waals surface area contributed by atoms with Crippen molar-refractivity contribution >= 4 is 27.8 Å². The summed E-state index contributed by atoms with van der Waals surface area (Å²) in [6.45, 7) is 1.77. The van der Waals surface area contributed by atoms with Gasteiger partial charge in [0.2, 0.25) is 0 Å². The fourth-order valence-electron chi connectivity index (χ4n) is 2.80. The minimum absolute atomic E-state index is 0.263. The van der Waals surface area contributed by atoms with Crippen molar-refractivity contribution in [3.63, 3.8) is 0 Å². The van der Waals surface area contributed by atoms with Gasteiger partial charge in [0.25, 0.3) is 11.5 Å². The summed E-state index contributed by atoms with van der Waals surface area (Å²) in [7, 11) is 0. The second-order valence-corrected chi connectivity index (χ2v) is 6.43. The molecular weight excluding hydrogens is 340 g/mol. The van der Waals surface area contributed by atoms with Crippen LogP contribution < -0.4 is 10.9 Å². The van der Waals surface area contributed by atoms with Gasteiger partial charge in [-0.05, 0) is 41.8 Å². The van der Waals surface area contributed by atoms with E-state index in [4.69, 9.17) is 0 Å². The number of carboxylic acid groups (broad SMARTS) is 1. The van der Waals surface area contributed by atoms with Crippen molar-refractivity contribution < 1.29 is 14.7 Å². The second-order valence-electron chi connectivity index (χ2n) is 5.57. The summed E-state index contributed by atoms with van der Waals surface area (Å²) < 4.78 is 0.263. The van der Waals surface area contributed by atoms with E-state index in [-0.39, 0.29) is 21.5 Å². The number of aliphatic carboxylic acids is 1. The van der Waals surface area contributed by atoms with E-state index in [0.717, 1.165) is 12.8 Å². The number of hydrogen-bond donors (Lipinski definition) is 3. The van der Waals surface area contributed by atoms with Crippen LogP contribution in [0.4, 0.5) is 0 Å². The molecule has 1 aliphatic carbocycles. The second kappa shape index (κ2) is 6.01. The van der Waals surface area contributed by atoms with Gasteiger partial charge in [0.15, 0.2) is 0 Å². The van der Waals surface area contributed by atoms with Crippen LogP contribution in [0.5, 0.6) is 0 Å². The molecule has 1 aromatic heterocycles. The molecule has 2 unspecified atom stereocenters. The summed E-state index contributed by atoms with van der Waals surface area (Å²) >= 11 is 3.07. The number of rotatable bonds is 3. The normalized spacial score (nSPS) is 25.3. The highest BCUT2D eigenvalue weighted by Crippen LogP contribution is 2.34. The summed E-state index contributed by atoms with van der Waals surface area (Å²) in [6, 6.07) is 1.43. The Balaban J connectivity index is 2.21. The fraction of sp³-hybridized carbons (Fsp3) is 0.500. The molecule has 114 valence electrons. The maximum atomic E-state index is 12.3. The number of hydrogen-bond acceptors (Lipinski definition) is 3. The van der Waals surface area contributed by atoms with E-state index in [1.54, 1.807) is 6.92 Å². The third kappa shape index (κ3) is 3.34. The Morgan fingerprint density at radius 3 is 2.81 bits per heavy atom. The van der Waals surface area contributed by atoms with Gasteiger partial charge in [-0.25, -0.2) is 0 Å². The van der Waals surface area contributed by atoms with Crippen molar-refractivity contribution in [1.29, 1.82) is 0 Å². The van der Waals surface area contributed by atoms with Gasteiger partial charge in [-0.15, -0.1) is 0 Å². The molecule has 0 saturated heterocycles. The summed E-state index contributed by atoms with van der Waals surface area (Å²) in [5.41, 5.74) is -0.805. The minimum atomic E-state index is -0.889. The molecule has 1 amide bonds. The van der Waals surface area contributed by atoms with Crippen LogP contribution in [0.2, 0.25) is 0 Å². The van der Waals surface area contributed by atoms with E-state index < -0.39 is 17.4 Å². The summed E-state index contributed by atoms with van der Waals surface area (Å²) in [5, 5.41) is 12.2. The number of carbonyl (C=O) groups is 2. The predicted molar refractivity (Wildman–Crippen MR) is 80.2 cm³/mol. The number of pyridine rings is 1. The van der Waals surface area contributed by atoms with Crippen LogP contribution in [-0.2, 0) is 4.79 Å². The lowest BCUT2D eigenvalue weighted by atomic mass is 9.74. The Labute approximate surface area is 130 Å². The van der Waals surface area contributed by atoms with E-state index in [9.17, 15) is 19.5 Å². The number of aromatic amines is 1. The van der Waals surface area contributed by atoms with Gasteiger partial charge in [-0.3, -0.25) is 14.4 Å². The molecule has 1 saturated carbocycles. The first-order valence-electron chi connectivity index (χ1n) is 6.77. The Hall–Kier alpha value is -1.63. The van der Waals surface area contributed by atoms with Gasteiger partial charge < -0.3 is 15.4 Å². The zero-order valence-corrected chi connectivity index (χ0v) is 13.2. The molecule has 0 spiro atoms. The number of nitrogens with one attached hydrogen (secondary N) is 2. The van der Waals surface area contributed by atoms with E-state index >= 15 is 0 Å². The van der Waals surface area contributed by atoms with E-state index in [1.807, 2.05) is 0 Å². The van der Waals surface area contributed by atoms with Gasteiger partial charge in [0, 0.05) is 6.20 Å². The summed E-state index contributed by atoms with van der Waals surface area (Å²) in [5.74, 6) is -1.87. The van der Waals surface area contributed by atoms with Gasteiger partial charge >= 0.3 is 5.97 Å². The monoisotopic (exact) mass is 356 g/mol. The number of aromatic nitrogens is 1. The van der Waals surface area contributed by atoms with Crippen molar-refractivity contribution in [3.8, 4) is 0 Å². The van der Waals surface area contributed by atoms with Gasteiger partial charge in [-0.1, -0.05) is 12.8 Å². The van der Waals surface area contributed by atoms with Crippen LogP contribution in [0.3, 0.4) is 0 Å². The van der Waals surface area contributed by atoms with Crippen molar-refractivity contribution in [2.45, 2.75) is 38.1 Å². The lowest BCUT2D eigenvalue weighted by Crippen LogP contribution is -2.55. The first-order valence-corrected chi connectivity index (χ1v) is 7.56. The lowest BCUT2D eigenvalue weighted by molar-refractivity contribution is -0.145. The van der Waals surface area contributed by atoms with Crippen LogP contribution in [0.25, 0.3) is 0 Å². The molecule has 1 aliphatic rings. The first-order chi connectivity index (χ1) is 9.83. The standard InChI is InChI=1S/C14H17BrN2O4/c1-14(5-3-2-4-9(14)13(20)21)17-11(18)8-6-10(15)12(19)16-7-8/h6-7,9H,2-5H2,1H3,(H,16,19)(H,17,18)(H,20,21). The average Bonchev–Trinajstić information content (AvgIpc) is 2.41. The summed E-state index contributed by atoms with van der Waals surface area (Å²) in [6.07, 6.45) is 4.24. The Kier molecular flexibility index (Phi) is 4.51. The molecule has 1 heterocycles. The highest BCUT2D eigenvalue weighted by molar-refractivity contribution is 9.10. The smallest absolute Gasteiger partial charge is 0.308 e. The third-order valence-electron chi connectivity index (χ3n) is 4.03. The zero-order chi connectivity index (χ0) is 15.6. The van der Waals surface area contributed by atoms with Crippen molar-refractivity contribution in [3.05, 3.63) is 32.7 Å². The van der Waals surface area contributed by atoms with Crippen LogP contribution >= 0.6 is 15.9 Å². The maximum Gasteiger partial charge on any atom is 0.308 e. The third-order valence-corrected chi connectivity index (χ3v) is 4.61. The molecule has 0 aromatic carbocycles. The van der Waals surface area contributed by atoms with Crippen molar-refractivity contribution in [2.75, 3.05) is 0 Å². The van der Waals surface area contributed by atoms with Crippen LogP contribution in [0.15, 0.2) is 21.5 Å². The van der Waals surface area contributed by atoms with Gasteiger partial charge in [0.1, 0.15) is 0 Å².